The van der Waals surface area contributed by atoms with Crippen LogP contribution in [0.15, 0.2) is 0 Å². The highest BCUT2D eigenvalue weighted by Crippen LogP contribution is 2.41. The number of carbonyl (C=O) groups excluding carboxylic acids is 1. The van der Waals surface area contributed by atoms with Crippen LogP contribution >= 0.6 is 0 Å². The molecule has 1 atom stereocenters. The van der Waals surface area contributed by atoms with Crippen LogP contribution in [0.3, 0.4) is 0 Å². The molecule has 0 unspecified atom stereocenters. The average molecular weight is 213 g/mol. The molecular formula is C11H19NO3. The Morgan fingerprint density at radius 1 is 1.47 bits per heavy atom. The van der Waals surface area contributed by atoms with Gasteiger partial charge in [-0.05, 0) is 12.3 Å². The van der Waals surface area contributed by atoms with Gasteiger partial charge in [-0.1, -0.05) is 20.8 Å². The number of nitrogens with zero attached hydrogens (tertiary/aromatic N) is 1. The van der Waals surface area contributed by atoms with E-state index >= 15 is 0 Å². The third-order valence-corrected chi connectivity index (χ3v) is 3.60. The van der Waals surface area contributed by atoms with Crippen molar-refractivity contribution in [2.75, 3.05) is 6.54 Å². The maximum absolute atomic E-state index is 11.5. The molecule has 4 nitrogen and oxygen atoms in total. The smallest absolute Gasteiger partial charge is 0.407 e. The first kappa shape index (κ1) is 12.0. The summed E-state index contributed by atoms with van der Waals surface area (Å²) in [6.45, 7) is 8.10. The third-order valence-electron chi connectivity index (χ3n) is 3.60. The van der Waals surface area contributed by atoms with E-state index in [1.54, 1.807) is 0 Å². The van der Waals surface area contributed by atoms with Crippen molar-refractivity contribution in [1.82, 2.24) is 4.90 Å². The number of piperidine rings is 1. The van der Waals surface area contributed by atoms with Crippen LogP contribution in [0, 0.1) is 5.41 Å². The fourth-order valence-electron chi connectivity index (χ4n) is 2.03. The van der Waals surface area contributed by atoms with E-state index in [2.05, 4.69) is 0 Å². The van der Waals surface area contributed by atoms with Gasteiger partial charge in [0.05, 0.1) is 5.54 Å². The molecule has 1 aliphatic rings. The summed E-state index contributed by atoms with van der Waals surface area (Å²) in [4.78, 5) is 24.0. The molecule has 86 valence electrons. The lowest BCUT2D eigenvalue weighted by Gasteiger charge is -2.50. The molecule has 1 amide bonds. The standard InChI is InChI=1S/C11H19NO3/c1-10(2,3)11(4)7-8(13)5-6-12(11)9(14)15/h5-7H2,1-4H3,(H,14,15)/t11-/m0/s1. The Balaban J connectivity index is 3.07. The highest BCUT2D eigenvalue weighted by Gasteiger charge is 2.48. The quantitative estimate of drug-likeness (QED) is 0.670. The van der Waals surface area contributed by atoms with Gasteiger partial charge in [0.25, 0.3) is 0 Å². The van der Waals surface area contributed by atoms with Gasteiger partial charge in [-0.15, -0.1) is 0 Å². The molecular weight excluding hydrogens is 194 g/mol. The number of Topliss-reactive ketones (excluding diaryl/α,β-unsaturated/α-hetero) is 1. The van der Waals surface area contributed by atoms with E-state index in [-0.39, 0.29) is 11.2 Å². The fraction of sp³-hybridized carbons (Fsp3) is 0.818. The summed E-state index contributed by atoms with van der Waals surface area (Å²) >= 11 is 0. The molecule has 1 N–H and O–H groups in total. The van der Waals surface area contributed by atoms with Gasteiger partial charge in [0.15, 0.2) is 0 Å². The number of carbonyl (C=O) groups is 2. The molecule has 0 saturated carbocycles. The van der Waals surface area contributed by atoms with Gasteiger partial charge in [0.1, 0.15) is 5.78 Å². The first-order chi connectivity index (χ1) is 6.68. The molecule has 0 radical (unpaired) electrons. The van der Waals surface area contributed by atoms with Crippen molar-refractivity contribution in [3.63, 3.8) is 0 Å². The van der Waals surface area contributed by atoms with Crippen LogP contribution in [-0.2, 0) is 4.79 Å². The molecule has 0 aromatic heterocycles. The minimum Gasteiger partial charge on any atom is -0.465 e. The molecule has 1 saturated heterocycles. The third kappa shape index (κ3) is 1.98. The van der Waals surface area contributed by atoms with E-state index in [1.165, 1.54) is 4.90 Å². The Bertz CT molecular complexity index is 293. The van der Waals surface area contributed by atoms with E-state index < -0.39 is 11.6 Å². The number of hydrogen-bond donors (Lipinski definition) is 1. The van der Waals surface area contributed by atoms with Gasteiger partial charge >= 0.3 is 6.09 Å². The largest absolute Gasteiger partial charge is 0.465 e. The highest BCUT2D eigenvalue weighted by molar-refractivity contribution is 5.83. The monoisotopic (exact) mass is 213 g/mol. The number of ketones is 1. The van der Waals surface area contributed by atoms with Gasteiger partial charge in [-0.2, -0.15) is 0 Å². The second-order valence-corrected chi connectivity index (χ2v) is 5.42. The summed E-state index contributed by atoms with van der Waals surface area (Å²) in [7, 11) is 0. The second kappa shape index (κ2) is 3.51. The van der Waals surface area contributed by atoms with Crippen LogP contribution < -0.4 is 0 Å². The second-order valence-electron chi connectivity index (χ2n) is 5.42. The van der Waals surface area contributed by atoms with Crippen LogP contribution in [0.25, 0.3) is 0 Å². The van der Waals surface area contributed by atoms with Crippen molar-refractivity contribution < 1.29 is 14.7 Å². The number of carboxylic acid groups (broad SMARTS) is 1. The molecule has 1 heterocycles. The maximum Gasteiger partial charge on any atom is 0.407 e. The van der Waals surface area contributed by atoms with Gasteiger partial charge in [0, 0.05) is 19.4 Å². The minimum absolute atomic E-state index is 0.157. The van der Waals surface area contributed by atoms with E-state index in [0.717, 1.165) is 0 Å². The van der Waals surface area contributed by atoms with Gasteiger partial charge < -0.3 is 10.0 Å². The Morgan fingerprint density at radius 2 is 2.00 bits per heavy atom. The van der Waals surface area contributed by atoms with Crippen molar-refractivity contribution in [1.29, 1.82) is 0 Å². The molecule has 1 rings (SSSR count). The van der Waals surface area contributed by atoms with Crippen molar-refractivity contribution in [2.24, 2.45) is 5.41 Å². The van der Waals surface area contributed by atoms with E-state index in [9.17, 15) is 9.59 Å². The lowest BCUT2D eigenvalue weighted by molar-refractivity contribution is -0.128. The van der Waals surface area contributed by atoms with E-state index in [0.29, 0.717) is 19.4 Å². The summed E-state index contributed by atoms with van der Waals surface area (Å²) in [5.41, 5.74) is -0.824. The highest BCUT2D eigenvalue weighted by atomic mass is 16.4. The van der Waals surface area contributed by atoms with Gasteiger partial charge in [0.2, 0.25) is 0 Å². The van der Waals surface area contributed by atoms with Crippen molar-refractivity contribution in [3.8, 4) is 0 Å². The number of amides is 1. The first-order valence-electron chi connectivity index (χ1n) is 5.21. The summed E-state index contributed by atoms with van der Waals surface area (Å²) in [6.07, 6.45) is -0.263. The first-order valence-corrected chi connectivity index (χ1v) is 5.21. The topological polar surface area (TPSA) is 57.6 Å². The van der Waals surface area contributed by atoms with E-state index in [4.69, 9.17) is 5.11 Å². The summed E-state index contributed by atoms with van der Waals surface area (Å²) in [6, 6.07) is 0. The van der Waals surface area contributed by atoms with Crippen molar-refractivity contribution in [2.45, 2.75) is 46.1 Å². The maximum atomic E-state index is 11.5. The minimum atomic E-state index is -0.931. The Labute approximate surface area is 90.3 Å². The average Bonchev–Trinajstić information content (AvgIpc) is 2.00. The zero-order chi connectivity index (χ0) is 11.9. The zero-order valence-electron chi connectivity index (χ0n) is 9.83. The molecule has 4 heteroatoms. The lowest BCUT2D eigenvalue weighted by atomic mass is 9.69. The number of rotatable bonds is 0. The number of likely N-dealkylation sites (tertiary alicyclic amines) is 1. The van der Waals surface area contributed by atoms with Gasteiger partial charge in [-0.25, -0.2) is 4.79 Å². The summed E-state index contributed by atoms with van der Waals surface area (Å²) in [5, 5.41) is 9.14. The van der Waals surface area contributed by atoms with Crippen LogP contribution in [0.5, 0.6) is 0 Å². The molecule has 1 aliphatic heterocycles. The molecule has 1 fully saturated rings. The molecule has 0 aromatic carbocycles. The van der Waals surface area contributed by atoms with Crippen LogP contribution in [0.2, 0.25) is 0 Å². The summed E-state index contributed by atoms with van der Waals surface area (Å²) in [5.74, 6) is 0.157. The van der Waals surface area contributed by atoms with Crippen molar-refractivity contribution >= 4 is 11.9 Å². The molecule has 0 aliphatic carbocycles. The molecule has 0 aromatic rings. The Hall–Kier alpha value is -1.06. The van der Waals surface area contributed by atoms with Crippen LogP contribution in [-0.4, -0.2) is 34.0 Å². The summed E-state index contributed by atoms with van der Waals surface area (Å²) < 4.78 is 0. The molecule has 0 spiro atoms. The fourth-order valence-corrected chi connectivity index (χ4v) is 2.03. The predicted octanol–water partition coefficient (Wildman–Crippen LogP) is 2.13. The lowest BCUT2D eigenvalue weighted by Crippen LogP contribution is -2.61. The Kier molecular flexibility index (Phi) is 2.81. The van der Waals surface area contributed by atoms with Crippen LogP contribution in [0.4, 0.5) is 4.79 Å². The van der Waals surface area contributed by atoms with E-state index in [1.807, 2.05) is 27.7 Å². The van der Waals surface area contributed by atoms with Crippen LogP contribution in [0.1, 0.15) is 40.5 Å². The Morgan fingerprint density at radius 3 is 2.40 bits per heavy atom. The molecule has 0 bridgehead atoms. The predicted molar refractivity (Wildman–Crippen MR) is 56.8 cm³/mol. The van der Waals surface area contributed by atoms with Crippen molar-refractivity contribution in [3.05, 3.63) is 0 Å². The SMILES string of the molecule is CC(C)(C)[C@]1(C)CC(=O)CCN1C(=O)O. The molecule has 15 heavy (non-hydrogen) atoms. The van der Waals surface area contributed by atoms with Gasteiger partial charge in [-0.3, -0.25) is 4.79 Å². The normalized spacial score (nSPS) is 28.0. The number of hydrogen-bond acceptors (Lipinski definition) is 2. The zero-order valence-corrected chi connectivity index (χ0v) is 9.83.